The molecule has 5 heteroatoms. The van der Waals surface area contributed by atoms with Crippen LogP contribution in [0.4, 0.5) is 10.6 Å². The van der Waals surface area contributed by atoms with E-state index in [4.69, 9.17) is 4.74 Å². The molecule has 5 nitrogen and oxygen atoms in total. The van der Waals surface area contributed by atoms with Gasteiger partial charge in [0.15, 0.2) is 0 Å². The predicted molar refractivity (Wildman–Crippen MR) is 111 cm³/mol. The summed E-state index contributed by atoms with van der Waals surface area (Å²) in [5, 5.41) is 0. The molecule has 1 saturated heterocycles. The molecule has 0 spiro atoms. The minimum absolute atomic E-state index is 0.297. The van der Waals surface area contributed by atoms with Crippen LogP contribution in [-0.4, -0.2) is 41.2 Å². The molecule has 1 aromatic heterocycles. The number of likely N-dealkylation sites (tertiary alicyclic amines) is 1. The molecule has 1 unspecified atom stereocenters. The molecule has 152 valence electrons. The van der Waals surface area contributed by atoms with E-state index < -0.39 is 5.60 Å². The van der Waals surface area contributed by atoms with E-state index in [-0.39, 0.29) is 6.09 Å². The normalized spacial score (nSPS) is 18.3. The number of amides is 1. The van der Waals surface area contributed by atoms with E-state index in [9.17, 15) is 4.79 Å². The predicted octanol–water partition coefficient (Wildman–Crippen LogP) is 5.56. The summed E-state index contributed by atoms with van der Waals surface area (Å²) < 4.78 is 5.70. The standard InChI is InChI=1S/C22H37N3O2/c1-6-8-17-25(21(26)27-22(3,4)5)20-18(12-11-14-23-20)19-13-9-10-16-24(19)15-7-2/h11-12,14,19H,6-10,13,15-17H2,1-5H3. The minimum atomic E-state index is -0.518. The van der Waals surface area contributed by atoms with Crippen molar-refractivity contribution < 1.29 is 9.53 Å². The Morgan fingerprint density at radius 3 is 2.74 bits per heavy atom. The number of aromatic nitrogens is 1. The summed E-state index contributed by atoms with van der Waals surface area (Å²) in [7, 11) is 0. The second-order valence-electron chi connectivity index (χ2n) is 8.45. The molecule has 0 aromatic carbocycles. The molecule has 1 atom stereocenters. The van der Waals surface area contributed by atoms with E-state index in [1.54, 1.807) is 11.1 Å². The summed E-state index contributed by atoms with van der Waals surface area (Å²) >= 11 is 0. The Kier molecular flexibility index (Phi) is 8.08. The molecule has 0 saturated carbocycles. The van der Waals surface area contributed by atoms with Crippen LogP contribution < -0.4 is 4.90 Å². The summed E-state index contributed by atoms with van der Waals surface area (Å²) in [6, 6.07) is 4.46. The second-order valence-corrected chi connectivity index (χ2v) is 8.45. The first-order chi connectivity index (χ1) is 12.9. The van der Waals surface area contributed by atoms with Gasteiger partial charge < -0.3 is 4.74 Å². The van der Waals surface area contributed by atoms with Gasteiger partial charge in [0.2, 0.25) is 0 Å². The van der Waals surface area contributed by atoms with Crippen molar-refractivity contribution in [1.82, 2.24) is 9.88 Å². The van der Waals surface area contributed by atoms with Crippen LogP contribution in [0.15, 0.2) is 18.3 Å². The zero-order chi connectivity index (χ0) is 19.9. The maximum atomic E-state index is 13.0. The maximum absolute atomic E-state index is 13.0. The van der Waals surface area contributed by atoms with E-state index >= 15 is 0 Å². The molecule has 0 radical (unpaired) electrons. The zero-order valence-electron chi connectivity index (χ0n) is 17.8. The van der Waals surface area contributed by atoms with Crippen molar-refractivity contribution in [3.63, 3.8) is 0 Å². The minimum Gasteiger partial charge on any atom is -0.443 e. The molecule has 2 rings (SSSR count). The topological polar surface area (TPSA) is 45.7 Å². The van der Waals surface area contributed by atoms with Crippen molar-refractivity contribution in [3.8, 4) is 0 Å². The van der Waals surface area contributed by atoms with Crippen LogP contribution in [0.5, 0.6) is 0 Å². The number of anilines is 1. The summed E-state index contributed by atoms with van der Waals surface area (Å²) in [4.78, 5) is 21.9. The van der Waals surface area contributed by atoms with E-state index in [2.05, 4.69) is 29.8 Å². The van der Waals surface area contributed by atoms with Crippen molar-refractivity contribution in [2.24, 2.45) is 0 Å². The molecule has 1 aliphatic rings. The van der Waals surface area contributed by atoms with Crippen LogP contribution in [0.3, 0.4) is 0 Å². The fourth-order valence-corrected chi connectivity index (χ4v) is 3.71. The number of rotatable bonds is 7. The Morgan fingerprint density at radius 1 is 1.30 bits per heavy atom. The van der Waals surface area contributed by atoms with Crippen LogP contribution >= 0.6 is 0 Å². The quantitative estimate of drug-likeness (QED) is 0.626. The molecule has 1 aromatic rings. The van der Waals surface area contributed by atoms with Crippen molar-refractivity contribution in [2.75, 3.05) is 24.5 Å². The average Bonchev–Trinajstić information content (AvgIpc) is 2.62. The lowest BCUT2D eigenvalue weighted by Gasteiger charge is -2.37. The van der Waals surface area contributed by atoms with E-state index in [0.29, 0.717) is 12.6 Å². The Balaban J connectivity index is 2.36. The van der Waals surface area contributed by atoms with Gasteiger partial charge in [-0.15, -0.1) is 0 Å². The molecule has 1 aliphatic heterocycles. The number of ether oxygens (including phenoxy) is 1. The lowest BCUT2D eigenvalue weighted by Crippen LogP contribution is -2.40. The average molecular weight is 376 g/mol. The molecule has 0 bridgehead atoms. The van der Waals surface area contributed by atoms with Crippen LogP contribution in [0.25, 0.3) is 0 Å². The molecule has 0 N–H and O–H groups in total. The van der Waals surface area contributed by atoms with Gasteiger partial charge in [0, 0.05) is 24.3 Å². The van der Waals surface area contributed by atoms with Gasteiger partial charge in [-0.2, -0.15) is 0 Å². The lowest BCUT2D eigenvalue weighted by atomic mass is 9.95. The van der Waals surface area contributed by atoms with Gasteiger partial charge in [0.05, 0.1) is 0 Å². The van der Waals surface area contributed by atoms with Gasteiger partial charge in [0.25, 0.3) is 0 Å². The number of piperidine rings is 1. The number of unbranched alkanes of at least 4 members (excludes halogenated alkanes) is 1. The van der Waals surface area contributed by atoms with Gasteiger partial charge >= 0.3 is 6.09 Å². The first kappa shape index (κ1) is 21.7. The van der Waals surface area contributed by atoms with E-state index in [1.807, 2.05) is 26.8 Å². The third-order valence-electron chi connectivity index (χ3n) is 4.91. The van der Waals surface area contributed by atoms with E-state index in [1.165, 1.54) is 12.8 Å². The van der Waals surface area contributed by atoms with Crippen LogP contribution in [-0.2, 0) is 4.74 Å². The highest BCUT2D eigenvalue weighted by Crippen LogP contribution is 2.36. The first-order valence-corrected chi connectivity index (χ1v) is 10.6. The van der Waals surface area contributed by atoms with Crippen LogP contribution in [0, 0.1) is 0 Å². The third-order valence-corrected chi connectivity index (χ3v) is 4.91. The van der Waals surface area contributed by atoms with Crippen molar-refractivity contribution in [2.45, 2.75) is 84.8 Å². The number of nitrogens with zero attached hydrogens (tertiary/aromatic N) is 3. The first-order valence-electron chi connectivity index (χ1n) is 10.6. The third kappa shape index (κ3) is 6.20. The van der Waals surface area contributed by atoms with Gasteiger partial charge in [0.1, 0.15) is 11.4 Å². The van der Waals surface area contributed by atoms with E-state index in [0.717, 1.165) is 50.2 Å². The maximum Gasteiger partial charge on any atom is 0.416 e. The van der Waals surface area contributed by atoms with Crippen molar-refractivity contribution in [3.05, 3.63) is 23.9 Å². The number of hydrogen-bond donors (Lipinski definition) is 0. The fraction of sp³-hybridized carbons (Fsp3) is 0.727. The highest BCUT2D eigenvalue weighted by atomic mass is 16.6. The Bertz CT molecular complexity index is 595. The van der Waals surface area contributed by atoms with Crippen molar-refractivity contribution in [1.29, 1.82) is 0 Å². The van der Waals surface area contributed by atoms with Gasteiger partial charge in [-0.25, -0.2) is 9.78 Å². The largest absolute Gasteiger partial charge is 0.443 e. The summed E-state index contributed by atoms with van der Waals surface area (Å²) in [6.45, 7) is 12.9. The number of carbonyl (C=O) groups is 1. The fourth-order valence-electron chi connectivity index (χ4n) is 3.71. The molecule has 2 heterocycles. The number of carbonyl (C=O) groups excluding carboxylic acids is 1. The second kappa shape index (κ2) is 10.1. The Morgan fingerprint density at radius 2 is 2.07 bits per heavy atom. The summed E-state index contributed by atoms with van der Waals surface area (Å²) in [5.41, 5.74) is 0.642. The summed E-state index contributed by atoms with van der Waals surface area (Å²) in [5.74, 6) is 0.771. The molecular weight excluding hydrogens is 338 g/mol. The monoisotopic (exact) mass is 375 g/mol. The smallest absolute Gasteiger partial charge is 0.416 e. The molecule has 27 heavy (non-hydrogen) atoms. The number of hydrogen-bond acceptors (Lipinski definition) is 4. The van der Waals surface area contributed by atoms with Gasteiger partial charge in [-0.1, -0.05) is 32.8 Å². The zero-order valence-corrected chi connectivity index (χ0v) is 17.8. The molecular formula is C22H37N3O2. The van der Waals surface area contributed by atoms with Gasteiger partial charge in [-0.05, 0) is 65.6 Å². The SMILES string of the molecule is CCCCN(C(=O)OC(C)(C)C)c1ncccc1C1CCCCN1CCC. The highest BCUT2D eigenvalue weighted by Gasteiger charge is 2.31. The van der Waals surface area contributed by atoms with Crippen LogP contribution in [0.2, 0.25) is 0 Å². The van der Waals surface area contributed by atoms with Crippen LogP contribution in [0.1, 0.15) is 84.7 Å². The van der Waals surface area contributed by atoms with Gasteiger partial charge in [-0.3, -0.25) is 9.80 Å². The molecule has 0 aliphatic carbocycles. The number of pyridine rings is 1. The highest BCUT2D eigenvalue weighted by molar-refractivity contribution is 5.87. The lowest BCUT2D eigenvalue weighted by molar-refractivity contribution is 0.0577. The molecule has 1 amide bonds. The molecule has 1 fully saturated rings. The Hall–Kier alpha value is -1.62. The Labute approximate surface area is 165 Å². The summed E-state index contributed by atoms with van der Waals surface area (Å²) in [6.07, 6.45) is 8.17. The van der Waals surface area contributed by atoms with Crippen molar-refractivity contribution >= 4 is 11.9 Å².